The van der Waals surface area contributed by atoms with Crippen LogP contribution in [0.2, 0.25) is 0 Å². The summed E-state index contributed by atoms with van der Waals surface area (Å²) in [6, 6.07) is 4.06. The standard InChI is InChI=1S/C14H19FN2OS/c1-2-19-11-5-4-10(8-11)17-14(18)12-7-9(15)3-6-13(12)16/h3,6-7,10-11H,2,4-5,8,16H2,1H3,(H,17,18). The number of rotatable bonds is 4. The van der Waals surface area contributed by atoms with E-state index in [0.29, 0.717) is 10.9 Å². The van der Waals surface area contributed by atoms with Crippen LogP contribution in [0.5, 0.6) is 0 Å². The zero-order chi connectivity index (χ0) is 13.8. The molecule has 19 heavy (non-hydrogen) atoms. The lowest BCUT2D eigenvalue weighted by atomic mass is 10.1. The minimum Gasteiger partial charge on any atom is -0.398 e. The Morgan fingerprint density at radius 2 is 2.32 bits per heavy atom. The van der Waals surface area contributed by atoms with Gasteiger partial charge in [-0.15, -0.1) is 0 Å². The van der Waals surface area contributed by atoms with Crippen LogP contribution in [-0.2, 0) is 0 Å². The Balaban J connectivity index is 1.96. The quantitative estimate of drug-likeness (QED) is 0.835. The molecular weight excluding hydrogens is 263 g/mol. The third kappa shape index (κ3) is 3.62. The molecule has 0 saturated heterocycles. The topological polar surface area (TPSA) is 55.1 Å². The maximum Gasteiger partial charge on any atom is 0.253 e. The van der Waals surface area contributed by atoms with Gasteiger partial charge in [0, 0.05) is 17.0 Å². The van der Waals surface area contributed by atoms with Gasteiger partial charge in [-0.3, -0.25) is 4.79 Å². The molecule has 0 bridgehead atoms. The highest BCUT2D eigenvalue weighted by atomic mass is 32.2. The van der Waals surface area contributed by atoms with Crippen molar-refractivity contribution in [1.29, 1.82) is 0 Å². The van der Waals surface area contributed by atoms with Crippen molar-refractivity contribution in [3.05, 3.63) is 29.6 Å². The number of nitrogens with one attached hydrogen (secondary N) is 1. The average molecular weight is 282 g/mol. The number of amides is 1. The molecule has 1 amide bonds. The molecule has 0 heterocycles. The second kappa shape index (κ2) is 6.28. The summed E-state index contributed by atoms with van der Waals surface area (Å²) in [5, 5.41) is 3.58. The number of carbonyl (C=O) groups excluding carboxylic acids is 1. The fourth-order valence-corrected chi connectivity index (χ4v) is 3.59. The largest absolute Gasteiger partial charge is 0.398 e. The van der Waals surface area contributed by atoms with E-state index in [-0.39, 0.29) is 17.5 Å². The van der Waals surface area contributed by atoms with E-state index in [1.165, 1.54) is 18.2 Å². The summed E-state index contributed by atoms with van der Waals surface area (Å²) in [7, 11) is 0. The maximum atomic E-state index is 13.1. The van der Waals surface area contributed by atoms with Crippen molar-refractivity contribution >= 4 is 23.4 Å². The lowest BCUT2D eigenvalue weighted by Crippen LogP contribution is -2.33. The Labute approximate surface area is 117 Å². The van der Waals surface area contributed by atoms with Crippen LogP contribution in [0, 0.1) is 5.82 Å². The molecule has 1 saturated carbocycles. The summed E-state index contributed by atoms with van der Waals surface area (Å²) in [5.41, 5.74) is 6.25. The van der Waals surface area contributed by atoms with Crippen LogP contribution in [0.25, 0.3) is 0 Å². The summed E-state index contributed by atoms with van der Waals surface area (Å²) in [5.74, 6) is 0.386. The molecule has 1 aromatic carbocycles. The first-order valence-corrected chi connectivity index (χ1v) is 7.62. The zero-order valence-electron chi connectivity index (χ0n) is 11.0. The Kier molecular flexibility index (Phi) is 4.69. The van der Waals surface area contributed by atoms with Gasteiger partial charge in [-0.25, -0.2) is 4.39 Å². The highest BCUT2D eigenvalue weighted by molar-refractivity contribution is 7.99. The van der Waals surface area contributed by atoms with Crippen LogP contribution in [0.1, 0.15) is 36.5 Å². The molecule has 1 fully saturated rings. The fraction of sp³-hybridized carbons (Fsp3) is 0.500. The lowest BCUT2D eigenvalue weighted by Gasteiger charge is -2.14. The minimum atomic E-state index is -0.440. The normalized spacial score (nSPS) is 22.4. The number of thioether (sulfide) groups is 1. The van der Waals surface area contributed by atoms with Gasteiger partial charge >= 0.3 is 0 Å². The Bertz CT molecular complexity index is 467. The molecule has 5 heteroatoms. The van der Waals surface area contributed by atoms with Gasteiger partial charge in [0.15, 0.2) is 0 Å². The second-order valence-corrected chi connectivity index (χ2v) is 6.37. The Morgan fingerprint density at radius 3 is 3.05 bits per heavy atom. The number of halogens is 1. The van der Waals surface area contributed by atoms with Crippen LogP contribution in [0.3, 0.4) is 0 Å². The van der Waals surface area contributed by atoms with Crippen LogP contribution in [0.4, 0.5) is 10.1 Å². The summed E-state index contributed by atoms with van der Waals surface area (Å²) in [6.07, 6.45) is 3.10. The molecule has 1 aliphatic carbocycles. The minimum absolute atomic E-state index is 0.180. The van der Waals surface area contributed by atoms with Gasteiger partial charge in [0.1, 0.15) is 5.82 Å². The van der Waals surface area contributed by atoms with Crippen molar-refractivity contribution in [2.75, 3.05) is 11.5 Å². The number of hydrogen-bond donors (Lipinski definition) is 2. The number of anilines is 1. The predicted octanol–water partition coefficient (Wildman–Crippen LogP) is 2.81. The number of benzene rings is 1. The summed E-state index contributed by atoms with van der Waals surface area (Å²) in [6.45, 7) is 2.14. The van der Waals surface area contributed by atoms with E-state index in [1.54, 1.807) is 0 Å². The van der Waals surface area contributed by atoms with Gasteiger partial charge in [-0.05, 0) is 43.2 Å². The van der Waals surface area contributed by atoms with Crippen molar-refractivity contribution in [3.8, 4) is 0 Å². The first kappa shape index (κ1) is 14.2. The van der Waals surface area contributed by atoms with E-state index in [2.05, 4.69) is 12.2 Å². The zero-order valence-corrected chi connectivity index (χ0v) is 11.8. The number of nitrogens with two attached hydrogens (primary N) is 1. The third-order valence-electron chi connectivity index (χ3n) is 3.38. The highest BCUT2D eigenvalue weighted by Crippen LogP contribution is 2.30. The van der Waals surface area contributed by atoms with Crippen molar-refractivity contribution in [3.63, 3.8) is 0 Å². The van der Waals surface area contributed by atoms with Crippen LogP contribution < -0.4 is 11.1 Å². The SMILES string of the molecule is CCSC1CCC(NC(=O)c2cc(F)ccc2N)C1. The molecule has 1 aromatic rings. The van der Waals surface area contributed by atoms with Crippen molar-refractivity contribution in [2.24, 2.45) is 0 Å². The molecule has 104 valence electrons. The number of carbonyl (C=O) groups is 1. The van der Waals surface area contributed by atoms with Gasteiger partial charge in [-0.1, -0.05) is 6.92 Å². The van der Waals surface area contributed by atoms with Gasteiger partial charge in [-0.2, -0.15) is 11.8 Å². The van der Waals surface area contributed by atoms with Gasteiger partial charge in [0.2, 0.25) is 0 Å². The summed E-state index contributed by atoms with van der Waals surface area (Å²) >= 11 is 1.94. The van der Waals surface area contributed by atoms with E-state index < -0.39 is 5.82 Å². The second-order valence-electron chi connectivity index (χ2n) is 4.79. The Hall–Kier alpha value is -1.23. The average Bonchev–Trinajstić information content (AvgIpc) is 2.80. The molecule has 0 aromatic heterocycles. The smallest absolute Gasteiger partial charge is 0.253 e. The van der Waals surface area contributed by atoms with E-state index in [0.717, 1.165) is 25.0 Å². The van der Waals surface area contributed by atoms with E-state index in [1.807, 2.05) is 11.8 Å². The van der Waals surface area contributed by atoms with Gasteiger partial charge in [0.25, 0.3) is 5.91 Å². The molecule has 2 atom stereocenters. The number of hydrogen-bond acceptors (Lipinski definition) is 3. The molecule has 0 spiro atoms. The molecule has 3 nitrogen and oxygen atoms in total. The molecule has 0 aliphatic heterocycles. The molecule has 1 aliphatic rings. The van der Waals surface area contributed by atoms with E-state index in [9.17, 15) is 9.18 Å². The van der Waals surface area contributed by atoms with Crippen molar-refractivity contribution < 1.29 is 9.18 Å². The molecule has 2 rings (SSSR count). The maximum absolute atomic E-state index is 13.1. The fourth-order valence-electron chi connectivity index (χ4n) is 2.45. The molecule has 2 unspecified atom stereocenters. The van der Waals surface area contributed by atoms with Crippen LogP contribution >= 0.6 is 11.8 Å². The van der Waals surface area contributed by atoms with E-state index in [4.69, 9.17) is 5.73 Å². The van der Waals surface area contributed by atoms with Gasteiger partial charge in [0.05, 0.1) is 5.56 Å². The molecule has 3 N–H and O–H groups in total. The van der Waals surface area contributed by atoms with Crippen molar-refractivity contribution in [2.45, 2.75) is 37.5 Å². The lowest BCUT2D eigenvalue weighted by molar-refractivity contribution is 0.0938. The van der Waals surface area contributed by atoms with Gasteiger partial charge < -0.3 is 11.1 Å². The molecular formula is C14H19FN2OS. The molecule has 0 radical (unpaired) electrons. The van der Waals surface area contributed by atoms with Crippen LogP contribution in [0.15, 0.2) is 18.2 Å². The summed E-state index contributed by atoms with van der Waals surface area (Å²) < 4.78 is 13.1. The van der Waals surface area contributed by atoms with E-state index >= 15 is 0 Å². The first-order chi connectivity index (χ1) is 9.10. The van der Waals surface area contributed by atoms with Crippen LogP contribution in [-0.4, -0.2) is 23.0 Å². The number of nitrogen functional groups attached to an aromatic ring is 1. The first-order valence-electron chi connectivity index (χ1n) is 6.57. The third-order valence-corrected chi connectivity index (χ3v) is 4.61. The highest BCUT2D eigenvalue weighted by Gasteiger charge is 2.26. The monoisotopic (exact) mass is 282 g/mol. The predicted molar refractivity (Wildman–Crippen MR) is 77.8 cm³/mol. The Morgan fingerprint density at radius 1 is 1.53 bits per heavy atom. The summed E-state index contributed by atoms with van der Waals surface area (Å²) in [4.78, 5) is 12.1. The van der Waals surface area contributed by atoms with Crippen molar-refractivity contribution in [1.82, 2.24) is 5.32 Å².